The molecule has 0 saturated heterocycles. The van der Waals surface area contributed by atoms with Crippen LogP contribution in [-0.4, -0.2) is 64.4 Å². The molecule has 5 rings (SSSR count). The van der Waals surface area contributed by atoms with E-state index in [4.69, 9.17) is 10.2 Å². The van der Waals surface area contributed by atoms with E-state index in [9.17, 15) is 24.0 Å². The van der Waals surface area contributed by atoms with Crippen LogP contribution in [0.4, 0.5) is 4.79 Å². The van der Waals surface area contributed by atoms with Gasteiger partial charge in [0.1, 0.15) is 17.5 Å². The second-order valence-electron chi connectivity index (χ2n) is 15.7. The molecule has 0 aromatic carbocycles. The summed E-state index contributed by atoms with van der Waals surface area (Å²) >= 11 is 1.72. The highest BCUT2D eigenvalue weighted by atomic mass is 32.2. The molecule has 11 nitrogen and oxygen atoms in total. The van der Waals surface area contributed by atoms with Crippen LogP contribution in [0.2, 0.25) is 0 Å². The highest BCUT2D eigenvalue weighted by Gasteiger charge is 2.62. The first-order chi connectivity index (χ1) is 22.1. The summed E-state index contributed by atoms with van der Waals surface area (Å²) in [6, 6.07) is 1.50. The number of nitrogens with zero attached hydrogens (tertiary/aromatic N) is 1. The van der Waals surface area contributed by atoms with Crippen molar-refractivity contribution >= 4 is 41.3 Å². The molecule has 3 aliphatic carbocycles. The molecule has 0 spiro atoms. The first-order valence-electron chi connectivity index (χ1n) is 17.0. The Morgan fingerprint density at radius 1 is 1.06 bits per heavy atom. The number of rotatable bonds is 14. The Balaban J connectivity index is 1.32. The number of furan rings is 1. The summed E-state index contributed by atoms with van der Waals surface area (Å²) in [5.41, 5.74) is 5.42. The van der Waals surface area contributed by atoms with Crippen LogP contribution >= 0.6 is 11.8 Å². The van der Waals surface area contributed by atoms with Crippen molar-refractivity contribution in [1.29, 1.82) is 0 Å². The van der Waals surface area contributed by atoms with Crippen molar-refractivity contribution in [3.8, 4) is 0 Å². The topological polar surface area (TPSA) is 164 Å². The summed E-state index contributed by atoms with van der Waals surface area (Å²) in [6.07, 6.45) is 9.09. The molecule has 3 unspecified atom stereocenters. The summed E-state index contributed by atoms with van der Waals surface area (Å²) in [4.78, 5) is 67.9. The first-order valence-corrected chi connectivity index (χ1v) is 18.1. The Labute approximate surface area is 282 Å². The number of hydrogen-bond acceptors (Lipinski definition) is 7. The minimum Gasteiger partial charge on any atom is -0.468 e. The van der Waals surface area contributed by atoms with Crippen LogP contribution in [0.5, 0.6) is 0 Å². The molecule has 5 N–H and O–H groups in total. The van der Waals surface area contributed by atoms with Crippen LogP contribution < -0.4 is 21.7 Å². The first kappa shape index (κ1) is 35.0. The molecule has 5 amide bonds. The highest BCUT2D eigenvalue weighted by Crippen LogP contribution is 2.63. The lowest BCUT2D eigenvalue weighted by atomic mass is 9.83. The third kappa shape index (κ3) is 8.42. The van der Waals surface area contributed by atoms with Crippen LogP contribution in [0.15, 0.2) is 34.1 Å². The van der Waals surface area contributed by atoms with E-state index in [1.54, 1.807) is 18.0 Å². The molecular formula is C35H51N5O6S. The molecule has 4 aliphatic rings. The number of thioether (sulfide) groups is 1. The lowest BCUT2D eigenvalue weighted by Gasteiger charge is -2.39. The number of urea groups is 1. The summed E-state index contributed by atoms with van der Waals surface area (Å²) in [6.45, 7) is 10.4. The number of Topliss-reactive ketones (excluding diaryl/α,β-unsaturated/α-hetero) is 1. The molecule has 3 saturated carbocycles. The molecule has 258 valence electrons. The average Bonchev–Trinajstić information content (AvgIpc) is 3.70. The Kier molecular flexibility index (Phi) is 10.2. The van der Waals surface area contributed by atoms with Gasteiger partial charge in [-0.05, 0) is 60.1 Å². The second-order valence-corrected chi connectivity index (χ2v) is 16.7. The lowest BCUT2D eigenvalue weighted by Crippen LogP contribution is -2.59. The maximum Gasteiger partial charge on any atom is 0.315 e. The average molecular weight is 670 g/mol. The normalized spacial score (nSPS) is 22.6. The third-order valence-corrected chi connectivity index (χ3v) is 11.4. The molecule has 1 aromatic heterocycles. The standard InChI is InChI=1S/C35H51N5O6S/c1-33(2,3)17-25(38-32(45)39-35(13-7-6-8-14-35)20-47-19-22-10-9-15-46-22)31(44)40-18-23-26(34(23,4)5)27(40)30(43)37-24(16-21-11-12-21)28(41)29(36)42/h9-10,15,21,23-25H,6-8,11-14,16-20H2,1-5H3,(H2,36,42)(H,37,43)(H2,38,39,45). The maximum absolute atomic E-state index is 14.4. The van der Waals surface area contributed by atoms with Gasteiger partial charge in [0.25, 0.3) is 11.8 Å². The zero-order chi connectivity index (χ0) is 34.1. The van der Waals surface area contributed by atoms with E-state index in [-0.39, 0.29) is 34.3 Å². The van der Waals surface area contributed by atoms with E-state index in [1.807, 2.05) is 46.8 Å². The molecule has 0 bridgehead atoms. The fourth-order valence-electron chi connectivity index (χ4n) is 7.32. The van der Waals surface area contributed by atoms with Crippen LogP contribution in [0.3, 0.4) is 0 Å². The SMILES string of the molecule is CC(C)(C)CC(NC(=O)NC1(CSCc2ccco2)CCCCC1)C(=O)N1CC2C(=C1C(=O)NC(CC1CC1)C(=O)C(N)=O)C2(C)C. The van der Waals surface area contributed by atoms with Gasteiger partial charge in [-0.1, -0.05) is 66.7 Å². The third-order valence-electron chi connectivity index (χ3n) is 10.1. The van der Waals surface area contributed by atoms with Gasteiger partial charge in [-0.25, -0.2) is 4.79 Å². The zero-order valence-corrected chi connectivity index (χ0v) is 29.2. The van der Waals surface area contributed by atoms with Gasteiger partial charge in [0.2, 0.25) is 11.7 Å². The van der Waals surface area contributed by atoms with Gasteiger partial charge < -0.3 is 31.0 Å². The lowest BCUT2D eigenvalue weighted by molar-refractivity contribution is -0.139. The van der Waals surface area contributed by atoms with Gasteiger partial charge >= 0.3 is 6.03 Å². The van der Waals surface area contributed by atoms with Gasteiger partial charge in [-0.3, -0.25) is 19.2 Å². The van der Waals surface area contributed by atoms with E-state index in [1.165, 1.54) is 4.90 Å². The van der Waals surface area contributed by atoms with E-state index in [0.29, 0.717) is 25.1 Å². The van der Waals surface area contributed by atoms with Crippen molar-refractivity contribution in [3.63, 3.8) is 0 Å². The predicted molar refractivity (Wildman–Crippen MR) is 180 cm³/mol. The van der Waals surface area contributed by atoms with Crippen LogP contribution in [0, 0.1) is 22.7 Å². The van der Waals surface area contributed by atoms with Crippen molar-refractivity contribution < 1.29 is 28.4 Å². The molecule has 1 aliphatic heterocycles. The Bertz CT molecular complexity index is 1400. The van der Waals surface area contributed by atoms with E-state index >= 15 is 0 Å². The highest BCUT2D eigenvalue weighted by molar-refractivity contribution is 7.98. The molecule has 3 fully saturated rings. The molecule has 47 heavy (non-hydrogen) atoms. The summed E-state index contributed by atoms with van der Waals surface area (Å²) in [7, 11) is 0. The second kappa shape index (κ2) is 13.7. The number of carbonyl (C=O) groups excluding carboxylic acids is 5. The smallest absolute Gasteiger partial charge is 0.315 e. The number of amides is 5. The maximum atomic E-state index is 14.4. The van der Waals surface area contributed by atoms with E-state index in [0.717, 1.165) is 62.0 Å². The molecule has 3 atom stereocenters. The van der Waals surface area contributed by atoms with Crippen molar-refractivity contribution in [2.45, 2.75) is 116 Å². The summed E-state index contributed by atoms with van der Waals surface area (Å²) in [5.74, 6) is -0.263. The molecular weight excluding hydrogens is 618 g/mol. The van der Waals surface area contributed by atoms with Crippen LogP contribution in [-0.2, 0) is 24.9 Å². The molecule has 12 heteroatoms. The fraction of sp³-hybridized carbons (Fsp3) is 0.686. The van der Waals surface area contributed by atoms with Crippen molar-refractivity contribution in [2.75, 3.05) is 12.3 Å². The minimum absolute atomic E-state index is 0.00160. The van der Waals surface area contributed by atoms with Crippen molar-refractivity contribution in [1.82, 2.24) is 20.9 Å². The largest absolute Gasteiger partial charge is 0.468 e. The number of hydrogen-bond donors (Lipinski definition) is 4. The monoisotopic (exact) mass is 669 g/mol. The van der Waals surface area contributed by atoms with Gasteiger partial charge in [-0.2, -0.15) is 11.8 Å². The predicted octanol–water partition coefficient (Wildman–Crippen LogP) is 4.41. The fourth-order valence-corrected chi connectivity index (χ4v) is 8.54. The van der Waals surface area contributed by atoms with Gasteiger partial charge in [0.05, 0.1) is 23.6 Å². The number of fused-ring (bicyclic) bond motifs is 1. The van der Waals surface area contributed by atoms with Gasteiger partial charge in [0, 0.05) is 18.2 Å². The molecule has 0 radical (unpaired) electrons. The van der Waals surface area contributed by atoms with Crippen LogP contribution in [0.25, 0.3) is 0 Å². The zero-order valence-electron chi connectivity index (χ0n) is 28.4. The van der Waals surface area contributed by atoms with Gasteiger partial charge in [0.15, 0.2) is 0 Å². The van der Waals surface area contributed by atoms with E-state index < -0.39 is 41.3 Å². The molecule has 1 aromatic rings. The number of carbonyl (C=O) groups is 5. The number of primary amides is 1. The Hall–Kier alpha value is -3.28. The number of nitrogens with two attached hydrogens (primary N) is 1. The van der Waals surface area contributed by atoms with Crippen LogP contribution in [0.1, 0.15) is 98.2 Å². The quantitative estimate of drug-likeness (QED) is 0.213. The number of nitrogens with one attached hydrogen (secondary N) is 3. The Morgan fingerprint density at radius 2 is 1.77 bits per heavy atom. The van der Waals surface area contributed by atoms with E-state index in [2.05, 4.69) is 16.0 Å². The summed E-state index contributed by atoms with van der Waals surface area (Å²) in [5, 5.41) is 9.03. The molecule has 2 heterocycles. The summed E-state index contributed by atoms with van der Waals surface area (Å²) < 4.78 is 5.49. The number of ketones is 1. The Morgan fingerprint density at radius 3 is 2.36 bits per heavy atom. The van der Waals surface area contributed by atoms with Gasteiger partial charge in [-0.15, -0.1) is 0 Å². The van der Waals surface area contributed by atoms with Crippen molar-refractivity contribution in [2.24, 2.45) is 28.4 Å². The minimum atomic E-state index is -1.09. The van der Waals surface area contributed by atoms with Crippen molar-refractivity contribution in [3.05, 3.63) is 35.4 Å².